The average molecular weight is 367 g/mol. The van der Waals surface area contributed by atoms with E-state index in [1.165, 1.54) is 6.20 Å². The predicted molar refractivity (Wildman–Crippen MR) is 92.6 cm³/mol. The highest BCUT2D eigenvalue weighted by molar-refractivity contribution is 7.13. The maximum absolute atomic E-state index is 11.5. The van der Waals surface area contributed by atoms with Crippen LogP contribution in [0.15, 0.2) is 27.2 Å². The third-order valence-electron chi connectivity index (χ3n) is 2.76. The molecule has 0 fully saturated rings. The van der Waals surface area contributed by atoms with Crippen LogP contribution in [0.3, 0.4) is 0 Å². The Morgan fingerprint density at radius 1 is 1.28 bits per heavy atom. The van der Waals surface area contributed by atoms with Gasteiger partial charge in [0.05, 0.1) is 6.61 Å². The van der Waals surface area contributed by atoms with Crippen molar-refractivity contribution in [1.29, 1.82) is 0 Å². The quantitative estimate of drug-likeness (QED) is 0.210. The van der Waals surface area contributed by atoms with Gasteiger partial charge in [0, 0.05) is 31.8 Å². The Balaban J connectivity index is 1.89. The van der Waals surface area contributed by atoms with E-state index in [9.17, 15) is 4.55 Å². The summed E-state index contributed by atoms with van der Waals surface area (Å²) in [4.78, 5) is 20.5. The molecule has 0 aliphatic rings. The van der Waals surface area contributed by atoms with Crippen LogP contribution in [-0.2, 0) is 0 Å². The Morgan fingerprint density at radius 2 is 2.00 bits per heavy atom. The van der Waals surface area contributed by atoms with E-state index in [1.807, 2.05) is 6.92 Å². The second-order valence-electron chi connectivity index (χ2n) is 4.87. The van der Waals surface area contributed by atoms with Crippen molar-refractivity contribution < 1.29 is 9.29 Å². The summed E-state index contributed by atoms with van der Waals surface area (Å²) >= 11 is -1.38. The van der Waals surface area contributed by atoms with E-state index >= 15 is 0 Å². The van der Waals surface area contributed by atoms with Gasteiger partial charge in [0.25, 0.3) is 0 Å². The fraction of sp³-hybridized carbons (Fsp3) is 0.462. The molecule has 2 heterocycles. The third-order valence-corrected chi connectivity index (χ3v) is 3.52. The SMILES string of the molecule is CCCN=c1[nH][s+]([O-])[nH]c1=NCCCOc1nccc(N=C(N)N)n1. The van der Waals surface area contributed by atoms with Crippen LogP contribution in [0, 0.1) is 0 Å². The molecule has 11 nitrogen and oxygen atoms in total. The number of hydrogen-bond donors (Lipinski definition) is 4. The van der Waals surface area contributed by atoms with Gasteiger partial charge in [-0.25, -0.2) is 4.98 Å². The highest BCUT2D eigenvalue weighted by Crippen LogP contribution is 2.10. The second-order valence-corrected chi connectivity index (χ2v) is 5.82. The molecule has 0 saturated heterocycles. The number of nitrogens with zero attached hydrogens (tertiary/aromatic N) is 5. The molecule has 2 aromatic heterocycles. The number of aromatic nitrogens is 4. The molecule has 12 heteroatoms. The van der Waals surface area contributed by atoms with Crippen LogP contribution in [0.2, 0.25) is 0 Å². The van der Waals surface area contributed by atoms with Gasteiger partial charge in [-0.2, -0.15) is 18.7 Å². The maximum Gasteiger partial charge on any atom is 0.318 e. The molecule has 25 heavy (non-hydrogen) atoms. The van der Waals surface area contributed by atoms with Crippen molar-refractivity contribution in [2.45, 2.75) is 19.8 Å². The first kappa shape index (κ1) is 18.6. The molecule has 0 aliphatic heterocycles. The van der Waals surface area contributed by atoms with Crippen molar-refractivity contribution in [2.24, 2.45) is 26.4 Å². The zero-order chi connectivity index (χ0) is 18.1. The van der Waals surface area contributed by atoms with Gasteiger partial charge < -0.3 is 20.8 Å². The Hall–Kier alpha value is -2.73. The minimum atomic E-state index is -1.38. The van der Waals surface area contributed by atoms with Gasteiger partial charge in [-0.05, 0) is 6.42 Å². The van der Waals surface area contributed by atoms with Crippen LogP contribution in [0.5, 0.6) is 6.01 Å². The van der Waals surface area contributed by atoms with E-state index < -0.39 is 11.1 Å². The molecule has 2 aromatic rings. The third kappa shape index (κ3) is 6.35. The summed E-state index contributed by atoms with van der Waals surface area (Å²) in [5, 5.41) is 0. The van der Waals surface area contributed by atoms with E-state index in [1.54, 1.807) is 6.07 Å². The van der Waals surface area contributed by atoms with Crippen molar-refractivity contribution >= 4 is 22.9 Å². The Kier molecular flexibility index (Phi) is 7.10. The fourth-order valence-electron chi connectivity index (χ4n) is 1.75. The summed E-state index contributed by atoms with van der Waals surface area (Å²) in [6, 6.07) is 1.75. The number of ether oxygens (including phenoxy) is 1. The summed E-state index contributed by atoms with van der Waals surface area (Å²) < 4.78 is 22.4. The van der Waals surface area contributed by atoms with Crippen LogP contribution < -0.4 is 27.2 Å². The number of H-pyrrole nitrogens is 2. The summed E-state index contributed by atoms with van der Waals surface area (Å²) in [6.45, 7) is 3.49. The van der Waals surface area contributed by atoms with E-state index in [0.29, 0.717) is 42.9 Å². The molecule has 0 spiro atoms. The lowest BCUT2D eigenvalue weighted by Gasteiger charge is -2.02. The van der Waals surface area contributed by atoms with Crippen LogP contribution in [-0.4, -0.2) is 48.9 Å². The number of rotatable bonds is 8. The number of hydrogen-bond acceptors (Lipinski definition) is 7. The minimum absolute atomic E-state index is 0.0870. The first-order valence-corrected chi connectivity index (χ1v) is 8.83. The number of nitrogens with two attached hydrogens (primary N) is 2. The fourth-order valence-corrected chi connectivity index (χ4v) is 2.48. The van der Waals surface area contributed by atoms with Crippen LogP contribution in [0.4, 0.5) is 5.82 Å². The monoisotopic (exact) mass is 367 g/mol. The van der Waals surface area contributed by atoms with Crippen LogP contribution in [0.1, 0.15) is 19.8 Å². The molecule has 0 radical (unpaired) electrons. The lowest BCUT2D eigenvalue weighted by molar-refractivity contribution is 0.289. The van der Waals surface area contributed by atoms with Gasteiger partial charge >= 0.3 is 6.01 Å². The molecule has 2 rings (SSSR count). The Labute approximate surface area is 146 Å². The molecule has 1 atom stereocenters. The van der Waals surface area contributed by atoms with Gasteiger partial charge in [-0.3, -0.25) is 9.98 Å². The molecule has 0 aromatic carbocycles. The van der Waals surface area contributed by atoms with Crippen molar-refractivity contribution in [1.82, 2.24) is 18.7 Å². The zero-order valence-electron chi connectivity index (χ0n) is 13.8. The normalized spacial score (nSPS) is 13.1. The van der Waals surface area contributed by atoms with Crippen molar-refractivity contribution in [3.05, 3.63) is 23.2 Å². The maximum atomic E-state index is 11.5. The molecule has 0 saturated carbocycles. The molecule has 1 unspecified atom stereocenters. The van der Waals surface area contributed by atoms with Gasteiger partial charge in [0.1, 0.15) is 11.1 Å². The smallest absolute Gasteiger partial charge is 0.318 e. The largest absolute Gasteiger partial charge is 0.549 e. The van der Waals surface area contributed by atoms with E-state index in [4.69, 9.17) is 16.2 Å². The molecule has 6 N–H and O–H groups in total. The molecular formula is C13H21N9O2S. The van der Waals surface area contributed by atoms with Gasteiger partial charge in [0.15, 0.2) is 11.8 Å². The highest BCUT2D eigenvalue weighted by atomic mass is 32.2. The number of aliphatic imine (C=N–C) groups is 1. The molecule has 0 amide bonds. The Bertz CT molecular complexity index is 832. The lowest BCUT2D eigenvalue weighted by atomic mass is 10.4. The molecular weight excluding hydrogens is 346 g/mol. The summed E-state index contributed by atoms with van der Waals surface area (Å²) in [5.41, 5.74) is 11.6. The van der Waals surface area contributed by atoms with Crippen molar-refractivity contribution in [3.8, 4) is 6.01 Å². The average Bonchev–Trinajstić information content (AvgIpc) is 2.92. The predicted octanol–water partition coefficient (Wildman–Crippen LogP) is -0.554. The van der Waals surface area contributed by atoms with Gasteiger partial charge in [0.2, 0.25) is 11.0 Å². The number of guanidine groups is 1. The lowest BCUT2D eigenvalue weighted by Crippen LogP contribution is -2.26. The van der Waals surface area contributed by atoms with Gasteiger partial charge in [-0.15, -0.1) is 0 Å². The van der Waals surface area contributed by atoms with E-state index in [0.717, 1.165) is 6.42 Å². The number of nitrogens with one attached hydrogen (secondary N) is 2. The minimum Gasteiger partial charge on any atom is -0.549 e. The molecule has 136 valence electrons. The zero-order valence-corrected chi connectivity index (χ0v) is 14.6. The van der Waals surface area contributed by atoms with Gasteiger partial charge in [-0.1, -0.05) is 6.92 Å². The first-order valence-electron chi connectivity index (χ1n) is 7.68. The summed E-state index contributed by atoms with van der Waals surface area (Å²) in [7, 11) is 0. The standard InChI is InChI=1S/C13H21N9O2S/c1-2-5-16-10-11(22-25(23)21-10)17-6-3-8-24-13-18-7-4-9(20-13)19-12(14)15/h4,7H,2-3,5-6,8H2,1H3,(H,16,21)(H,17,22)(H4,14,15,18,19,20). The van der Waals surface area contributed by atoms with Crippen LogP contribution >= 0.6 is 11.1 Å². The van der Waals surface area contributed by atoms with E-state index in [2.05, 4.69) is 33.7 Å². The van der Waals surface area contributed by atoms with Crippen LogP contribution in [0.25, 0.3) is 0 Å². The topological polar surface area (TPSA) is 179 Å². The molecule has 0 aliphatic carbocycles. The van der Waals surface area contributed by atoms with Crippen molar-refractivity contribution in [3.63, 3.8) is 0 Å². The summed E-state index contributed by atoms with van der Waals surface area (Å²) in [6.07, 6.45) is 3.02. The second kappa shape index (κ2) is 9.54. The highest BCUT2D eigenvalue weighted by Gasteiger charge is 2.01. The Morgan fingerprint density at radius 3 is 2.68 bits per heavy atom. The first-order chi connectivity index (χ1) is 12.1. The van der Waals surface area contributed by atoms with E-state index in [-0.39, 0.29) is 12.0 Å². The van der Waals surface area contributed by atoms with Crippen molar-refractivity contribution in [2.75, 3.05) is 19.7 Å². The number of aromatic amines is 2. The summed E-state index contributed by atoms with van der Waals surface area (Å²) in [5.74, 6) is 0.238. The molecule has 0 bridgehead atoms.